The van der Waals surface area contributed by atoms with E-state index >= 15 is 0 Å². The van der Waals surface area contributed by atoms with Gasteiger partial charge in [-0.3, -0.25) is 9.48 Å². The average Bonchev–Trinajstić information content (AvgIpc) is 2.67. The summed E-state index contributed by atoms with van der Waals surface area (Å²) in [6, 6.07) is 4.72. The molecular formula is C10H10ClN5O. The van der Waals surface area contributed by atoms with Crippen molar-refractivity contribution in [3.8, 4) is 0 Å². The molecule has 0 aromatic carbocycles. The lowest BCUT2D eigenvalue weighted by Gasteiger charge is -2.04. The molecule has 0 atom stereocenters. The number of nitrogens with zero attached hydrogens (tertiary/aromatic N) is 3. The molecule has 6 nitrogen and oxygen atoms in total. The van der Waals surface area contributed by atoms with Gasteiger partial charge in [0.1, 0.15) is 11.5 Å². The van der Waals surface area contributed by atoms with Crippen molar-refractivity contribution in [2.75, 3.05) is 11.1 Å². The third-order valence-electron chi connectivity index (χ3n) is 2.04. The highest BCUT2D eigenvalue weighted by molar-refractivity contribution is 6.34. The van der Waals surface area contributed by atoms with Gasteiger partial charge in [0.05, 0.1) is 5.02 Å². The van der Waals surface area contributed by atoms with Gasteiger partial charge in [-0.15, -0.1) is 0 Å². The van der Waals surface area contributed by atoms with Gasteiger partial charge in [-0.05, 0) is 12.1 Å². The Kier molecular flexibility index (Phi) is 2.97. The molecule has 0 aliphatic carbocycles. The number of carbonyl (C=O) groups is 1. The first-order chi connectivity index (χ1) is 8.06. The Morgan fingerprint density at radius 1 is 1.47 bits per heavy atom. The molecule has 0 radical (unpaired) electrons. The summed E-state index contributed by atoms with van der Waals surface area (Å²) >= 11 is 5.86. The Labute approximate surface area is 102 Å². The van der Waals surface area contributed by atoms with Crippen LogP contribution in [0.25, 0.3) is 0 Å². The number of halogens is 1. The van der Waals surface area contributed by atoms with Crippen LogP contribution in [-0.2, 0) is 7.05 Å². The quantitative estimate of drug-likeness (QED) is 0.842. The standard InChI is InChI=1S/C10H10ClN5O/c1-16-5-4-8(15-16)14-10(17)9-6(11)2-3-7(12)13-9/h2-5H,1H3,(H2,12,13)(H,14,15,17). The number of nitrogen functional groups attached to an aromatic ring is 1. The third-order valence-corrected chi connectivity index (χ3v) is 2.34. The summed E-state index contributed by atoms with van der Waals surface area (Å²) < 4.78 is 1.57. The van der Waals surface area contributed by atoms with E-state index in [1.165, 1.54) is 12.1 Å². The predicted molar refractivity (Wildman–Crippen MR) is 64.8 cm³/mol. The van der Waals surface area contributed by atoms with E-state index < -0.39 is 5.91 Å². The molecule has 2 rings (SSSR count). The number of nitrogens with two attached hydrogens (primary N) is 1. The lowest BCUT2D eigenvalue weighted by atomic mass is 10.3. The van der Waals surface area contributed by atoms with Crippen molar-refractivity contribution in [1.29, 1.82) is 0 Å². The Morgan fingerprint density at radius 2 is 2.24 bits per heavy atom. The number of nitrogens with one attached hydrogen (secondary N) is 1. The zero-order valence-electron chi connectivity index (χ0n) is 9.01. The van der Waals surface area contributed by atoms with Crippen LogP contribution in [0, 0.1) is 0 Å². The fourth-order valence-corrected chi connectivity index (χ4v) is 1.46. The fourth-order valence-electron chi connectivity index (χ4n) is 1.27. The van der Waals surface area contributed by atoms with Gasteiger partial charge >= 0.3 is 0 Å². The molecule has 0 spiro atoms. The van der Waals surface area contributed by atoms with Gasteiger partial charge in [-0.1, -0.05) is 11.6 Å². The number of aryl methyl sites for hydroxylation is 1. The first kappa shape index (κ1) is 11.4. The van der Waals surface area contributed by atoms with E-state index in [0.29, 0.717) is 5.82 Å². The highest BCUT2D eigenvalue weighted by atomic mass is 35.5. The molecule has 0 saturated carbocycles. The largest absolute Gasteiger partial charge is 0.384 e. The number of anilines is 2. The SMILES string of the molecule is Cn1ccc(NC(=O)c2nc(N)ccc2Cl)n1. The number of pyridine rings is 1. The van der Waals surface area contributed by atoms with Gasteiger partial charge in [-0.2, -0.15) is 5.10 Å². The van der Waals surface area contributed by atoms with Crippen molar-refractivity contribution < 1.29 is 4.79 Å². The van der Waals surface area contributed by atoms with Crippen molar-refractivity contribution in [2.24, 2.45) is 7.05 Å². The maximum atomic E-state index is 11.8. The second-order valence-corrected chi connectivity index (χ2v) is 3.80. The van der Waals surface area contributed by atoms with Gasteiger partial charge in [0.15, 0.2) is 5.82 Å². The molecule has 2 aromatic heterocycles. The van der Waals surface area contributed by atoms with Gasteiger partial charge in [0.25, 0.3) is 5.91 Å². The van der Waals surface area contributed by atoms with E-state index in [1.807, 2.05) is 0 Å². The van der Waals surface area contributed by atoms with E-state index in [4.69, 9.17) is 17.3 Å². The first-order valence-corrected chi connectivity index (χ1v) is 5.17. The van der Waals surface area contributed by atoms with E-state index in [-0.39, 0.29) is 16.5 Å². The van der Waals surface area contributed by atoms with E-state index in [0.717, 1.165) is 0 Å². The number of aromatic nitrogens is 3. The summed E-state index contributed by atoms with van der Waals surface area (Å²) in [5.41, 5.74) is 5.57. The molecule has 1 amide bonds. The molecule has 3 N–H and O–H groups in total. The van der Waals surface area contributed by atoms with Crippen LogP contribution < -0.4 is 11.1 Å². The first-order valence-electron chi connectivity index (χ1n) is 4.79. The van der Waals surface area contributed by atoms with E-state index in [9.17, 15) is 4.79 Å². The second-order valence-electron chi connectivity index (χ2n) is 3.40. The monoisotopic (exact) mass is 251 g/mol. The lowest BCUT2D eigenvalue weighted by molar-refractivity contribution is 0.102. The van der Waals surface area contributed by atoms with Crippen LogP contribution >= 0.6 is 11.6 Å². The molecule has 0 aliphatic heterocycles. The molecule has 0 saturated heterocycles. The minimum Gasteiger partial charge on any atom is -0.384 e. The summed E-state index contributed by atoms with van der Waals surface area (Å²) in [5.74, 6) is 0.222. The average molecular weight is 252 g/mol. The molecule has 0 aliphatic rings. The highest BCUT2D eigenvalue weighted by Crippen LogP contribution is 2.16. The maximum Gasteiger partial charge on any atom is 0.277 e. The molecule has 17 heavy (non-hydrogen) atoms. The normalized spacial score (nSPS) is 10.2. The number of hydrogen-bond donors (Lipinski definition) is 2. The van der Waals surface area contributed by atoms with Gasteiger partial charge in [0, 0.05) is 19.3 Å². The fraction of sp³-hybridized carbons (Fsp3) is 0.100. The van der Waals surface area contributed by atoms with Gasteiger partial charge < -0.3 is 11.1 Å². The summed E-state index contributed by atoms with van der Waals surface area (Å²) in [4.78, 5) is 15.7. The van der Waals surface area contributed by atoms with Crippen molar-refractivity contribution in [1.82, 2.24) is 14.8 Å². The molecule has 2 heterocycles. The van der Waals surface area contributed by atoms with Crippen LogP contribution in [0.4, 0.5) is 11.6 Å². The zero-order valence-corrected chi connectivity index (χ0v) is 9.77. The van der Waals surface area contributed by atoms with Gasteiger partial charge in [0.2, 0.25) is 0 Å². The second kappa shape index (κ2) is 4.42. The Morgan fingerprint density at radius 3 is 2.88 bits per heavy atom. The third kappa shape index (κ3) is 2.54. The highest BCUT2D eigenvalue weighted by Gasteiger charge is 2.13. The number of carbonyl (C=O) groups excluding carboxylic acids is 1. The zero-order chi connectivity index (χ0) is 12.4. The van der Waals surface area contributed by atoms with Crippen LogP contribution in [0.3, 0.4) is 0 Å². The Hall–Kier alpha value is -2.08. The summed E-state index contributed by atoms with van der Waals surface area (Å²) in [6.07, 6.45) is 1.71. The van der Waals surface area contributed by atoms with Crippen LogP contribution in [-0.4, -0.2) is 20.7 Å². The van der Waals surface area contributed by atoms with Crippen LogP contribution in [0.15, 0.2) is 24.4 Å². The number of rotatable bonds is 2. The minimum absolute atomic E-state index is 0.0809. The van der Waals surface area contributed by atoms with E-state index in [2.05, 4.69) is 15.4 Å². The Bertz CT molecular complexity index is 566. The Balaban J connectivity index is 2.22. The van der Waals surface area contributed by atoms with Crippen molar-refractivity contribution in [2.45, 2.75) is 0 Å². The summed E-state index contributed by atoms with van der Waals surface area (Å²) in [5, 5.41) is 6.83. The predicted octanol–water partition coefficient (Wildman–Crippen LogP) is 1.30. The van der Waals surface area contributed by atoms with Crippen molar-refractivity contribution >= 4 is 29.1 Å². The van der Waals surface area contributed by atoms with Crippen molar-refractivity contribution in [3.05, 3.63) is 35.1 Å². The molecule has 7 heteroatoms. The molecule has 2 aromatic rings. The topological polar surface area (TPSA) is 85.8 Å². The van der Waals surface area contributed by atoms with Crippen LogP contribution in [0.5, 0.6) is 0 Å². The molecule has 0 unspecified atom stereocenters. The lowest BCUT2D eigenvalue weighted by Crippen LogP contribution is -2.15. The summed E-state index contributed by atoms with van der Waals surface area (Å²) in [6.45, 7) is 0. The minimum atomic E-state index is -0.444. The molecular weight excluding hydrogens is 242 g/mol. The van der Waals surface area contributed by atoms with Crippen LogP contribution in [0.1, 0.15) is 10.5 Å². The molecule has 88 valence electrons. The summed E-state index contributed by atoms with van der Waals surface area (Å²) in [7, 11) is 1.75. The van der Waals surface area contributed by atoms with E-state index in [1.54, 1.807) is 24.0 Å². The molecule has 0 bridgehead atoms. The maximum absolute atomic E-state index is 11.8. The number of amides is 1. The van der Waals surface area contributed by atoms with Gasteiger partial charge in [-0.25, -0.2) is 4.98 Å². The molecule has 0 fully saturated rings. The smallest absolute Gasteiger partial charge is 0.277 e. The number of hydrogen-bond acceptors (Lipinski definition) is 4. The van der Waals surface area contributed by atoms with Crippen LogP contribution in [0.2, 0.25) is 5.02 Å². The van der Waals surface area contributed by atoms with Crippen molar-refractivity contribution in [3.63, 3.8) is 0 Å².